The normalized spacial score (nSPS) is 14.0. The number of aryl methyl sites for hydroxylation is 1. The molecule has 98 valence electrons. The minimum Gasteiger partial charge on any atom is -0.301 e. The van der Waals surface area contributed by atoms with Crippen molar-refractivity contribution < 1.29 is 13.2 Å². The molecule has 0 aliphatic carbocycles. The summed E-state index contributed by atoms with van der Waals surface area (Å²) in [6.45, 7) is 4.30. The zero-order chi connectivity index (χ0) is 13.1. The Hall–Kier alpha value is -0.560. The molecule has 0 saturated carbocycles. The van der Waals surface area contributed by atoms with Crippen molar-refractivity contribution in [1.29, 1.82) is 0 Å². The second-order valence-corrected chi connectivity index (χ2v) is 4.48. The first-order valence-corrected chi connectivity index (χ1v) is 6.22. The molecular formula is C10H15BrF3N3. The quantitative estimate of drug-likeness (QED) is 0.904. The molecule has 17 heavy (non-hydrogen) atoms. The van der Waals surface area contributed by atoms with E-state index < -0.39 is 12.2 Å². The number of alkyl halides is 3. The Kier molecular flexibility index (Phi) is 5.00. The highest BCUT2D eigenvalue weighted by molar-refractivity contribution is 9.10. The lowest BCUT2D eigenvalue weighted by Crippen LogP contribution is -2.36. The third kappa shape index (κ3) is 3.45. The fourth-order valence-electron chi connectivity index (χ4n) is 1.57. The Morgan fingerprint density at radius 1 is 1.47 bits per heavy atom. The molecule has 0 aromatic carbocycles. The minimum absolute atomic E-state index is 0.133. The summed E-state index contributed by atoms with van der Waals surface area (Å²) >= 11 is 3.12. The maximum Gasteiger partial charge on any atom is 0.409 e. The maximum absolute atomic E-state index is 13.0. The molecule has 1 unspecified atom stereocenters. The Labute approximate surface area is 107 Å². The van der Waals surface area contributed by atoms with Crippen LogP contribution in [0.5, 0.6) is 0 Å². The summed E-state index contributed by atoms with van der Waals surface area (Å²) in [4.78, 5) is 0. The van der Waals surface area contributed by atoms with E-state index in [-0.39, 0.29) is 5.69 Å². The second-order valence-electron chi connectivity index (χ2n) is 3.62. The largest absolute Gasteiger partial charge is 0.409 e. The number of nitrogens with zero attached hydrogens (tertiary/aromatic N) is 2. The molecule has 0 saturated heterocycles. The van der Waals surface area contributed by atoms with Gasteiger partial charge in [-0.2, -0.15) is 18.3 Å². The lowest BCUT2D eigenvalue weighted by molar-refractivity contribution is -0.159. The van der Waals surface area contributed by atoms with Gasteiger partial charge in [-0.1, -0.05) is 6.92 Å². The van der Waals surface area contributed by atoms with Gasteiger partial charge in [0.25, 0.3) is 0 Å². The summed E-state index contributed by atoms with van der Waals surface area (Å²) in [5.41, 5.74) is 0.133. The highest BCUT2D eigenvalue weighted by atomic mass is 79.9. The summed E-state index contributed by atoms with van der Waals surface area (Å²) in [5, 5.41) is 6.42. The smallest absolute Gasteiger partial charge is 0.301 e. The molecule has 7 heteroatoms. The Morgan fingerprint density at radius 3 is 2.59 bits per heavy atom. The standard InChI is InChI=1S/C10H15BrF3N3/c1-3-5-15-9(10(12,13)14)8-7(11)6-16-17(8)4-2/h6,9,15H,3-5H2,1-2H3. The molecule has 0 aliphatic heterocycles. The van der Waals surface area contributed by atoms with E-state index >= 15 is 0 Å². The third-order valence-corrected chi connectivity index (χ3v) is 2.94. The van der Waals surface area contributed by atoms with E-state index in [9.17, 15) is 13.2 Å². The van der Waals surface area contributed by atoms with Gasteiger partial charge in [-0.3, -0.25) is 4.68 Å². The number of nitrogens with one attached hydrogen (secondary N) is 1. The molecule has 1 heterocycles. The van der Waals surface area contributed by atoms with Gasteiger partial charge in [-0.05, 0) is 35.8 Å². The van der Waals surface area contributed by atoms with Gasteiger partial charge in [0.05, 0.1) is 16.4 Å². The molecule has 0 spiro atoms. The Balaban J connectivity index is 3.07. The first kappa shape index (κ1) is 14.5. The van der Waals surface area contributed by atoms with E-state index in [4.69, 9.17) is 0 Å². The SMILES string of the molecule is CCCNC(c1c(Br)cnn1CC)C(F)(F)F. The van der Waals surface area contributed by atoms with Gasteiger partial charge in [0, 0.05) is 6.54 Å². The molecule has 1 rings (SSSR count). The number of hydrogen-bond donors (Lipinski definition) is 1. The Bertz CT molecular complexity index is 362. The number of halogens is 4. The van der Waals surface area contributed by atoms with Crippen molar-refractivity contribution in [3.05, 3.63) is 16.4 Å². The zero-order valence-electron chi connectivity index (χ0n) is 9.68. The fourth-order valence-corrected chi connectivity index (χ4v) is 2.09. The van der Waals surface area contributed by atoms with Crippen molar-refractivity contribution in [2.45, 2.75) is 39.0 Å². The van der Waals surface area contributed by atoms with Gasteiger partial charge in [0.1, 0.15) is 6.04 Å². The van der Waals surface area contributed by atoms with Crippen molar-refractivity contribution in [3.8, 4) is 0 Å². The minimum atomic E-state index is -4.33. The summed E-state index contributed by atoms with van der Waals surface area (Å²) in [6, 6.07) is -1.68. The highest BCUT2D eigenvalue weighted by Gasteiger charge is 2.43. The zero-order valence-corrected chi connectivity index (χ0v) is 11.3. The van der Waals surface area contributed by atoms with Crippen LogP contribution in [0.3, 0.4) is 0 Å². The van der Waals surface area contributed by atoms with E-state index in [0.29, 0.717) is 24.0 Å². The van der Waals surface area contributed by atoms with Crippen molar-refractivity contribution in [1.82, 2.24) is 15.1 Å². The van der Waals surface area contributed by atoms with Crippen LogP contribution >= 0.6 is 15.9 Å². The molecule has 3 nitrogen and oxygen atoms in total. The van der Waals surface area contributed by atoms with E-state index in [1.165, 1.54) is 10.9 Å². The number of aromatic nitrogens is 2. The summed E-state index contributed by atoms with van der Waals surface area (Å²) in [7, 11) is 0. The Morgan fingerprint density at radius 2 is 2.12 bits per heavy atom. The van der Waals surface area contributed by atoms with Crippen LogP contribution in [0.25, 0.3) is 0 Å². The van der Waals surface area contributed by atoms with Gasteiger partial charge in [0.2, 0.25) is 0 Å². The van der Waals surface area contributed by atoms with Crippen LogP contribution < -0.4 is 5.32 Å². The van der Waals surface area contributed by atoms with E-state index in [2.05, 4.69) is 26.3 Å². The summed E-state index contributed by atoms with van der Waals surface area (Å²) in [5.74, 6) is 0. The van der Waals surface area contributed by atoms with Crippen molar-refractivity contribution in [2.24, 2.45) is 0 Å². The van der Waals surface area contributed by atoms with Gasteiger partial charge in [-0.15, -0.1) is 0 Å². The fraction of sp³-hybridized carbons (Fsp3) is 0.700. The van der Waals surface area contributed by atoms with Crippen molar-refractivity contribution in [3.63, 3.8) is 0 Å². The van der Waals surface area contributed by atoms with Crippen LogP contribution in [-0.4, -0.2) is 22.5 Å². The molecule has 1 atom stereocenters. The lowest BCUT2D eigenvalue weighted by Gasteiger charge is -2.22. The molecule has 0 radical (unpaired) electrons. The monoisotopic (exact) mass is 313 g/mol. The van der Waals surface area contributed by atoms with Gasteiger partial charge >= 0.3 is 6.18 Å². The van der Waals surface area contributed by atoms with Crippen LogP contribution in [0.4, 0.5) is 13.2 Å². The first-order valence-electron chi connectivity index (χ1n) is 5.43. The average Bonchev–Trinajstić information content (AvgIpc) is 2.59. The predicted octanol–water partition coefficient (Wildman–Crippen LogP) is 3.27. The van der Waals surface area contributed by atoms with Crippen LogP contribution in [0.15, 0.2) is 10.7 Å². The van der Waals surface area contributed by atoms with Crippen LogP contribution in [0.1, 0.15) is 32.0 Å². The molecule has 0 amide bonds. The molecule has 0 aliphatic rings. The van der Waals surface area contributed by atoms with Crippen LogP contribution in [0.2, 0.25) is 0 Å². The number of hydrogen-bond acceptors (Lipinski definition) is 2. The highest BCUT2D eigenvalue weighted by Crippen LogP contribution is 2.36. The second kappa shape index (κ2) is 5.86. The van der Waals surface area contributed by atoms with Crippen LogP contribution in [0, 0.1) is 0 Å². The average molecular weight is 314 g/mol. The van der Waals surface area contributed by atoms with Crippen LogP contribution in [-0.2, 0) is 6.54 Å². The molecule has 0 fully saturated rings. The summed E-state index contributed by atoms with van der Waals surface area (Å²) in [6.07, 6.45) is -2.29. The van der Waals surface area contributed by atoms with Gasteiger partial charge in [-0.25, -0.2) is 0 Å². The van der Waals surface area contributed by atoms with E-state index in [1.807, 2.05) is 6.92 Å². The predicted molar refractivity (Wildman–Crippen MR) is 62.7 cm³/mol. The van der Waals surface area contributed by atoms with E-state index in [0.717, 1.165) is 0 Å². The topological polar surface area (TPSA) is 29.9 Å². The molecular weight excluding hydrogens is 299 g/mol. The maximum atomic E-state index is 13.0. The lowest BCUT2D eigenvalue weighted by atomic mass is 10.2. The van der Waals surface area contributed by atoms with Gasteiger partial charge in [0.15, 0.2) is 0 Å². The first-order chi connectivity index (χ1) is 7.91. The molecule has 1 aromatic rings. The molecule has 1 aromatic heterocycles. The van der Waals surface area contributed by atoms with Gasteiger partial charge < -0.3 is 5.32 Å². The van der Waals surface area contributed by atoms with Crippen molar-refractivity contribution in [2.75, 3.05) is 6.54 Å². The van der Waals surface area contributed by atoms with Crippen molar-refractivity contribution >= 4 is 15.9 Å². The van der Waals surface area contributed by atoms with E-state index in [1.54, 1.807) is 6.92 Å². The summed E-state index contributed by atoms with van der Waals surface area (Å²) < 4.78 is 40.7. The number of rotatable bonds is 5. The molecule has 1 N–H and O–H groups in total. The molecule has 0 bridgehead atoms. The third-order valence-electron chi connectivity index (χ3n) is 2.33.